The van der Waals surface area contributed by atoms with Crippen molar-refractivity contribution in [3.05, 3.63) is 29.6 Å². The van der Waals surface area contributed by atoms with E-state index in [1.165, 1.54) is 12.4 Å². The molecule has 2 atom stereocenters. The van der Waals surface area contributed by atoms with E-state index in [0.29, 0.717) is 24.0 Å². The minimum absolute atomic E-state index is 0.211. The molecule has 2 bridgehead atoms. The van der Waals surface area contributed by atoms with Crippen LogP contribution in [0.3, 0.4) is 0 Å². The highest BCUT2D eigenvalue weighted by molar-refractivity contribution is 7.92. The lowest BCUT2D eigenvalue weighted by atomic mass is 9.81. The van der Waals surface area contributed by atoms with Gasteiger partial charge in [-0.15, -0.1) is 0 Å². The molecular formula is C14H16N2O3S. The van der Waals surface area contributed by atoms with Gasteiger partial charge in [-0.1, -0.05) is 6.42 Å². The average molecular weight is 292 g/mol. The number of aromatic nitrogens is 1. The van der Waals surface area contributed by atoms with Crippen molar-refractivity contribution in [3.63, 3.8) is 0 Å². The van der Waals surface area contributed by atoms with Gasteiger partial charge in [-0.2, -0.15) is 5.26 Å². The Balaban J connectivity index is 2.00. The fourth-order valence-electron chi connectivity index (χ4n) is 3.44. The Morgan fingerprint density at radius 1 is 1.30 bits per heavy atom. The molecule has 6 heteroatoms. The minimum Gasteiger partial charge on any atom is -0.385 e. The zero-order valence-electron chi connectivity index (χ0n) is 11.0. The van der Waals surface area contributed by atoms with Gasteiger partial charge < -0.3 is 5.11 Å². The molecule has 2 unspecified atom stereocenters. The molecule has 1 N–H and O–H groups in total. The highest BCUT2D eigenvalue weighted by Crippen LogP contribution is 2.45. The van der Waals surface area contributed by atoms with E-state index in [2.05, 4.69) is 4.98 Å². The number of nitriles is 1. The first-order chi connectivity index (χ1) is 9.45. The number of hydrogen-bond acceptors (Lipinski definition) is 5. The Kier molecular flexibility index (Phi) is 3.07. The molecule has 0 aromatic carbocycles. The zero-order chi connectivity index (χ0) is 14.4. The van der Waals surface area contributed by atoms with Crippen molar-refractivity contribution in [1.29, 1.82) is 5.26 Å². The molecule has 1 aromatic rings. The number of fused-ring (bicyclic) bond motifs is 2. The van der Waals surface area contributed by atoms with Crippen LogP contribution in [0.25, 0.3) is 0 Å². The van der Waals surface area contributed by atoms with Crippen LogP contribution in [-0.4, -0.2) is 29.0 Å². The van der Waals surface area contributed by atoms with Gasteiger partial charge in [0, 0.05) is 18.0 Å². The normalized spacial score (nSPS) is 35.2. The molecular weight excluding hydrogens is 276 g/mol. The molecule has 2 aliphatic rings. The van der Waals surface area contributed by atoms with Gasteiger partial charge in [0.05, 0.1) is 21.7 Å². The highest BCUT2D eigenvalue weighted by Gasteiger charge is 2.51. The SMILES string of the molecule is N#Cc1cncc(C2(O)CC3CCCC(C2)S3(=O)=O)c1. The van der Waals surface area contributed by atoms with Crippen molar-refractivity contribution < 1.29 is 13.5 Å². The van der Waals surface area contributed by atoms with Crippen LogP contribution in [-0.2, 0) is 15.4 Å². The summed E-state index contributed by atoms with van der Waals surface area (Å²) >= 11 is 0. The van der Waals surface area contributed by atoms with Gasteiger partial charge in [0.2, 0.25) is 0 Å². The molecule has 0 aliphatic carbocycles. The van der Waals surface area contributed by atoms with Crippen LogP contribution in [0, 0.1) is 11.3 Å². The summed E-state index contributed by atoms with van der Waals surface area (Å²) in [4.78, 5) is 3.97. The molecule has 106 valence electrons. The van der Waals surface area contributed by atoms with Gasteiger partial charge in [0.25, 0.3) is 0 Å². The summed E-state index contributed by atoms with van der Waals surface area (Å²) in [7, 11) is -3.11. The molecule has 2 fully saturated rings. The Morgan fingerprint density at radius 2 is 1.95 bits per heavy atom. The highest BCUT2D eigenvalue weighted by atomic mass is 32.2. The first-order valence-corrected chi connectivity index (χ1v) is 8.37. The third-order valence-electron chi connectivity index (χ3n) is 4.52. The summed E-state index contributed by atoms with van der Waals surface area (Å²) < 4.78 is 24.5. The summed E-state index contributed by atoms with van der Waals surface area (Å²) in [5.74, 6) is 0. The van der Waals surface area contributed by atoms with Crippen LogP contribution >= 0.6 is 0 Å². The van der Waals surface area contributed by atoms with E-state index in [1.54, 1.807) is 6.07 Å². The molecule has 3 rings (SSSR count). The molecule has 0 radical (unpaired) electrons. The molecule has 0 amide bonds. The van der Waals surface area contributed by atoms with Gasteiger partial charge in [0.1, 0.15) is 6.07 Å². The maximum atomic E-state index is 12.3. The minimum atomic E-state index is -3.11. The maximum absolute atomic E-state index is 12.3. The van der Waals surface area contributed by atoms with Crippen LogP contribution < -0.4 is 0 Å². The van der Waals surface area contributed by atoms with Crippen LogP contribution in [0.4, 0.5) is 0 Å². The van der Waals surface area contributed by atoms with Crippen LogP contribution in [0.15, 0.2) is 18.5 Å². The summed E-state index contributed by atoms with van der Waals surface area (Å²) in [6, 6.07) is 3.61. The Bertz CT molecular complexity index is 658. The summed E-state index contributed by atoms with van der Waals surface area (Å²) in [5.41, 5.74) is -0.237. The molecule has 5 nitrogen and oxygen atoms in total. The van der Waals surface area contributed by atoms with E-state index in [1.807, 2.05) is 6.07 Å². The number of rotatable bonds is 1. The monoisotopic (exact) mass is 292 g/mol. The van der Waals surface area contributed by atoms with Crippen molar-refractivity contribution in [3.8, 4) is 6.07 Å². The van der Waals surface area contributed by atoms with E-state index >= 15 is 0 Å². The molecule has 0 spiro atoms. The van der Waals surface area contributed by atoms with E-state index < -0.39 is 25.9 Å². The first kappa shape index (κ1) is 13.5. The third-order valence-corrected chi connectivity index (χ3v) is 7.18. The molecule has 3 heterocycles. The summed E-state index contributed by atoms with van der Waals surface area (Å²) in [6.07, 6.45) is 5.53. The molecule has 1 aromatic heterocycles. The predicted molar refractivity (Wildman–Crippen MR) is 72.4 cm³/mol. The van der Waals surface area contributed by atoms with Crippen LogP contribution in [0.1, 0.15) is 43.2 Å². The smallest absolute Gasteiger partial charge is 0.156 e. The second-order valence-corrected chi connectivity index (χ2v) is 8.29. The zero-order valence-corrected chi connectivity index (χ0v) is 11.8. The lowest BCUT2D eigenvalue weighted by Crippen LogP contribution is -2.50. The molecule has 0 saturated carbocycles. The summed E-state index contributed by atoms with van der Waals surface area (Å²) in [6.45, 7) is 0. The van der Waals surface area contributed by atoms with Gasteiger partial charge in [-0.25, -0.2) is 8.42 Å². The Morgan fingerprint density at radius 3 is 2.55 bits per heavy atom. The standard InChI is InChI=1S/C14H16N2O3S/c15-7-10-4-11(9-16-8-10)14(17)5-12-2-1-3-13(6-14)20(12,18)19/h4,8-9,12-13,17H,1-3,5-6H2. The van der Waals surface area contributed by atoms with Crippen molar-refractivity contribution in [2.24, 2.45) is 0 Å². The first-order valence-electron chi connectivity index (χ1n) is 6.76. The van der Waals surface area contributed by atoms with Gasteiger partial charge >= 0.3 is 0 Å². The fourth-order valence-corrected chi connectivity index (χ4v) is 5.99. The molecule has 2 aliphatic heterocycles. The largest absolute Gasteiger partial charge is 0.385 e. The van der Waals surface area contributed by atoms with Crippen molar-refractivity contribution in [2.75, 3.05) is 0 Å². The quantitative estimate of drug-likeness (QED) is 0.841. The van der Waals surface area contributed by atoms with Crippen molar-refractivity contribution in [2.45, 2.75) is 48.2 Å². The van der Waals surface area contributed by atoms with Crippen molar-refractivity contribution >= 4 is 9.84 Å². The van der Waals surface area contributed by atoms with Crippen LogP contribution in [0.2, 0.25) is 0 Å². The fraction of sp³-hybridized carbons (Fsp3) is 0.571. The third kappa shape index (κ3) is 2.02. The molecule has 2 saturated heterocycles. The van der Waals surface area contributed by atoms with Crippen LogP contribution in [0.5, 0.6) is 0 Å². The number of pyridine rings is 1. The van der Waals surface area contributed by atoms with Gasteiger partial charge in [-0.05, 0) is 31.7 Å². The van der Waals surface area contributed by atoms with E-state index in [9.17, 15) is 13.5 Å². The maximum Gasteiger partial charge on any atom is 0.156 e. The number of hydrogen-bond donors (Lipinski definition) is 1. The number of aliphatic hydroxyl groups is 1. The second kappa shape index (κ2) is 4.54. The van der Waals surface area contributed by atoms with E-state index in [-0.39, 0.29) is 12.8 Å². The van der Waals surface area contributed by atoms with Gasteiger partial charge in [0.15, 0.2) is 9.84 Å². The Hall–Kier alpha value is -1.45. The number of sulfone groups is 1. The Labute approximate surface area is 118 Å². The second-order valence-electron chi connectivity index (χ2n) is 5.78. The van der Waals surface area contributed by atoms with E-state index in [0.717, 1.165) is 6.42 Å². The summed E-state index contributed by atoms with van der Waals surface area (Å²) in [5, 5.41) is 18.9. The number of nitrogens with zero attached hydrogens (tertiary/aromatic N) is 2. The lowest BCUT2D eigenvalue weighted by molar-refractivity contribution is 0.00468. The van der Waals surface area contributed by atoms with E-state index in [4.69, 9.17) is 5.26 Å². The molecule has 20 heavy (non-hydrogen) atoms. The lowest BCUT2D eigenvalue weighted by Gasteiger charge is -2.43. The average Bonchev–Trinajstić information content (AvgIpc) is 2.41. The predicted octanol–water partition coefficient (Wildman–Crippen LogP) is 1.27. The van der Waals surface area contributed by atoms with Gasteiger partial charge in [-0.3, -0.25) is 4.98 Å². The topological polar surface area (TPSA) is 91.0 Å². The van der Waals surface area contributed by atoms with Crippen molar-refractivity contribution in [1.82, 2.24) is 4.98 Å².